The number of aromatic nitrogens is 1. The predicted molar refractivity (Wildman–Crippen MR) is 130 cm³/mol. The van der Waals surface area contributed by atoms with Crippen molar-refractivity contribution in [1.29, 1.82) is 0 Å². The normalized spacial score (nSPS) is 10.3. The number of benzene rings is 3. The number of aryl methyl sites for hydroxylation is 2. The van der Waals surface area contributed by atoms with Crippen molar-refractivity contribution >= 4 is 34.3 Å². The lowest BCUT2D eigenvalue weighted by molar-refractivity contribution is 0.0846. The first-order valence-electron chi connectivity index (χ1n) is 10.3. The van der Waals surface area contributed by atoms with Crippen molar-refractivity contribution in [2.45, 2.75) is 13.8 Å². The number of hydrogen-bond donors (Lipinski definition) is 2. The van der Waals surface area contributed by atoms with E-state index < -0.39 is 11.8 Å². The Labute approximate surface area is 196 Å². The van der Waals surface area contributed by atoms with Crippen molar-refractivity contribution in [3.8, 4) is 11.8 Å². The maximum absolute atomic E-state index is 12.6. The molecule has 1 aromatic heterocycles. The molecule has 4 aromatic rings. The second kappa shape index (κ2) is 9.56. The van der Waals surface area contributed by atoms with Gasteiger partial charge in [-0.25, -0.2) is 0 Å². The van der Waals surface area contributed by atoms with Crippen LogP contribution in [-0.4, -0.2) is 16.8 Å². The number of rotatable bonds is 2. The van der Waals surface area contributed by atoms with Gasteiger partial charge in [0, 0.05) is 28.3 Å². The molecule has 5 nitrogen and oxygen atoms in total. The molecule has 33 heavy (non-hydrogen) atoms. The van der Waals surface area contributed by atoms with Crippen LogP contribution in [0.5, 0.6) is 0 Å². The topological polar surface area (TPSA) is 71.1 Å². The van der Waals surface area contributed by atoms with Crippen molar-refractivity contribution in [2.75, 3.05) is 0 Å². The molecule has 0 atom stereocenters. The maximum atomic E-state index is 12.6. The summed E-state index contributed by atoms with van der Waals surface area (Å²) in [4.78, 5) is 29.4. The van der Waals surface area contributed by atoms with Crippen LogP contribution in [0.15, 0.2) is 72.9 Å². The highest BCUT2D eigenvalue weighted by atomic mass is 35.5. The summed E-state index contributed by atoms with van der Waals surface area (Å²) in [6.45, 7) is 3.71. The van der Waals surface area contributed by atoms with Crippen LogP contribution in [0, 0.1) is 25.7 Å². The molecule has 2 amide bonds. The van der Waals surface area contributed by atoms with Gasteiger partial charge in [-0.1, -0.05) is 47.7 Å². The zero-order valence-corrected chi connectivity index (χ0v) is 18.8. The van der Waals surface area contributed by atoms with E-state index >= 15 is 0 Å². The van der Waals surface area contributed by atoms with Crippen molar-refractivity contribution < 1.29 is 9.59 Å². The highest BCUT2D eigenvalue weighted by molar-refractivity contribution is 6.34. The standard InChI is InChI=1S/C27H20ClN3O2/c1-17-8-11-22(26(32)30-31-27(33)25-18(2)5-3-7-23(25)28)16-20(17)12-9-19-10-13-24-21(15-19)6-4-14-29-24/h3-8,10-11,13-16H,1-2H3,(H,30,32)(H,31,33). The van der Waals surface area contributed by atoms with Crippen LogP contribution in [0.3, 0.4) is 0 Å². The van der Waals surface area contributed by atoms with Crippen molar-refractivity contribution in [2.24, 2.45) is 0 Å². The monoisotopic (exact) mass is 453 g/mol. The third kappa shape index (κ3) is 5.03. The number of nitrogens with one attached hydrogen (secondary N) is 2. The number of carbonyl (C=O) groups excluding carboxylic acids is 2. The van der Waals surface area contributed by atoms with E-state index in [0.717, 1.165) is 27.6 Å². The van der Waals surface area contributed by atoms with E-state index in [1.807, 2.05) is 43.3 Å². The summed E-state index contributed by atoms with van der Waals surface area (Å²) in [5.41, 5.74) is 9.70. The lowest BCUT2D eigenvalue weighted by Gasteiger charge is -2.11. The van der Waals surface area contributed by atoms with Crippen molar-refractivity contribution in [3.05, 3.63) is 111 Å². The molecule has 0 saturated carbocycles. The summed E-state index contributed by atoms with van der Waals surface area (Å²) in [6.07, 6.45) is 1.76. The number of pyridine rings is 1. The lowest BCUT2D eigenvalue weighted by Crippen LogP contribution is -2.42. The first-order chi connectivity index (χ1) is 15.9. The van der Waals surface area contributed by atoms with Gasteiger partial charge in [0.05, 0.1) is 16.1 Å². The van der Waals surface area contributed by atoms with Crippen LogP contribution >= 0.6 is 11.6 Å². The van der Waals surface area contributed by atoms with Gasteiger partial charge in [0.15, 0.2) is 0 Å². The number of hydrazine groups is 1. The molecule has 3 aromatic carbocycles. The quantitative estimate of drug-likeness (QED) is 0.332. The van der Waals surface area contributed by atoms with E-state index in [1.54, 1.807) is 43.5 Å². The van der Waals surface area contributed by atoms with Crippen LogP contribution in [0.2, 0.25) is 5.02 Å². The molecule has 0 unspecified atom stereocenters. The summed E-state index contributed by atoms with van der Waals surface area (Å²) < 4.78 is 0. The Morgan fingerprint density at radius 1 is 0.848 bits per heavy atom. The summed E-state index contributed by atoms with van der Waals surface area (Å²) in [7, 11) is 0. The lowest BCUT2D eigenvalue weighted by atomic mass is 10.0. The fourth-order valence-electron chi connectivity index (χ4n) is 3.36. The molecule has 0 radical (unpaired) electrons. The zero-order valence-electron chi connectivity index (χ0n) is 18.1. The van der Waals surface area contributed by atoms with Gasteiger partial charge in [0.25, 0.3) is 11.8 Å². The van der Waals surface area contributed by atoms with Crippen molar-refractivity contribution in [1.82, 2.24) is 15.8 Å². The van der Waals surface area contributed by atoms with Gasteiger partial charge >= 0.3 is 0 Å². The molecular weight excluding hydrogens is 434 g/mol. The second-order valence-electron chi connectivity index (χ2n) is 7.53. The molecule has 1 heterocycles. The molecule has 6 heteroatoms. The molecule has 0 saturated heterocycles. The van der Waals surface area contributed by atoms with Crippen LogP contribution in [0.4, 0.5) is 0 Å². The van der Waals surface area contributed by atoms with Gasteiger partial charge < -0.3 is 0 Å². The average molecular weight is 454 g/mol. The second-order valence-corrected chi connectivity index (χ2v) is 7.94. The van der Waals surface area contributed by atoms with Gasteiger partial charge in [-0.3, -0.25) is 25.4 Å². The van der Waals surface area contributed by atoms with Crippen LogP contribution in [-0.2, 0) is 0 Å². The minimum absolute atomic E-state index is 0.319. The third-order valence-electron chi connectivity index (χ3n) is 5.18. The Balaban J connectivity index is 1.50. The molecule has 0 aliphatic carbocycles. The molecule has 2 N–H and O–H groups in total. The van der Waals surface area contributed by atoms with E-state index in [4.69, 9.17) is 11.6 Å². The molecule has 0 spiro atoms. The summed E-state index contributed by atoms with van der Waals surface area (Å²) in [6, 6.07) is 20.1. The van der Waals surface area contributed by atoms with Gasteiger partial charge in [-0.2, -0.15) is 0 Å². The minimum Gasteiger partial charge on any atom is -0.267 e. The Kier molecular flexibility index (Phi) is 6.39. The third-order valence-corrected chi connectivity index (χ3v) is 5.50. The summed E-state index contributed by atoms with van der Waals surface area (Å²) in [5, 5.41) is 1.33. The summed E-state index contributed by atoms with van der Waals surface area (Å²) >= 11 is 6.12. The fraction of sp³-hybridized carbons (Fsp3) is 0.0741. The fourth-order valence-corrected chi connectivity index (χ4v) is 3.67. The minimum atomic E-state index is -0.482. The largest absolute Gasteiger partial charge is 0.271 e. The van der Waals surface area contributed by atoms with Gasteiger partial charge in [0.1, 0.15) is 0 Å². The molecule has 0 bridgehead atoms. The van der Waals surface area contributed by atoms with E-state index in [0.29, 0.717) is 21.7 Å². The first-order valence-corrected chi connectivity index (χ1v) is 10.6. The highest BCUT2D eigenvalue weighted by Crippen LogP contribution is 2.19. The SMILES string of the molecule is Cc1ccc(C(=O)NNC(=O)c2c(C)cccc2Cl)cc1C#Cc1ccc2ncccc2c1. The van der Waals surface area contributed by atoms with Gasteiger partial charge in [-0.15, -0.1) is 0 Å². The number of hydrogen-bond acceptors (Lipinski definition) is 3. The number of halogens is 1. The molecular formula is C27H20ClN3O2. The van der Waals surface area contributed by atoms with Crippen LogP contribution < -0.4 is 10.9 Å². The average Bonchev–Trinajstić information content (AvgIpc) is 2.81. The Morgan fingerprint density at radius 3 is 2.48 bits per heavy atom. The van der Waals surface area contributed by atoms with E-state index in [-0.39, 0.29) is 0 Å². The van der Waals surface area contributed by atoms with E-state index in [9.17, 15) is 9.59 Å². The number of carbonyl (C=O) groups is 2. The van der Waals surface area contributed by atoms with Gasteiger partial charge in [0.2, 0.25) is 0 Å². The Morgan fingerprint density at radius 2 is 1.67 bits per heavy atom. The smallest absolute Gasteiger partial charge is 0.267 e. The van der Waals surface area contributed by atoms with Crippen molar-refractivity contribution in [3.63, 3.8) is 0 Å². The molecule has 0 aliphatic rings. The van der Waals surface area contributed by atoms with Crippen LogP contribution in [0.1, 0.15) is 43.0 Å². The van der Waals surface area contributed by atoms with E-state index in [1.165, 1.54) is 0 Å². The van der Waals surface area contributed by atoms with Crippen LogP contribution in [0.25, 0.3) is 10.9 Å². The number of nitrogens with zero attached hydrogens (tertiary/aromatic N) is 1. The first kappa shape index (κ1) is 22.1. The number of amides is 2. The zero-order chi connectivity index (χ0) is 23.4. The predicted octanol–water partition coefficient (Wildman–Crippen LogP) is 4.98. The summed E-state index contributed by atoms with van der Waals surface area (Å²) in [5.74, 6) is 5.36. The maximum Gasteiger partial charge on any atom is 0.271 e. The van der Waals surface area contributed by atoms with Gasteiger partial charge in [-0.05, 0) is 67.4 Å². The number of fused-ring (bicyclic) bond motifs is 1. The Hall–Kier alpha value is -4.14. The highest BCUT2D eigenvalue weighted by Gasteiger charge is 2.14. The Bertz CT molecular complexity index is 1430. The molecule has 0 aliphatic heterocycles. The molecule has 4 rings (SSSR count). The molecule has 162 valence electrons. The molecule has 0 fully saturated rings. The van der Waals surface area contributed by atoms with E-state index in [2.05, 4.69) is 27.7 Å².